The van der Waals surface area contributed by atoms with E-state index in [1.54, 1.807) is 25.2 Å². The van der Waals surface area contributed by atoms with Gasteiger partial charge in [0.05, 0.1) is 22.1 Å². The number of benzene rings is 2. The highest BCUT2D eigenvalue weighted by molar-refractivity contribution is 6.31. The topological polar surface area (TPSA) is 29.3 Å². The largest absolute Gasteiger partial charge is 0.397 e. The fraction of sp³-hybridized carbons (Fsp3) is 0.0769. The van der Waals surface area contributed by atoms with E-state index in [-0.39, 0.29) is 16.5 Å². The highest BCUT2D eigenvalue weighted by Crippen LogP contribution is 2.33. The minimum Gasteiger partial charge on any atom is -0.397 e. The second-order valence-corrected chi connectivity index (χ2v) is 4.24. The van der Waals surface area contributed by atoms with Crippen LogP contribution in [-0.2, 0) is 0 Å². The highest BCUT2D eigenvalue weighted by Gasteiger charge is 2.14. The van der Waals surface area contributed by atoms with Crippen molar-refractivity contribution in [3.05, 3.63) is 53.1 Å². The average molecular weight is 269 g/mol. The van der Waals surface area contributed by atoms with Gasteiger partial charge in [-0.1, -0.05) is 23.7 Å². The zero-order valence-electron chi connectivity index (χ0n) is 9.62. The van der Waals surface area contributed by atoms with Crippen molar-refractivity contribution in [2.45, 2.75) is 0 Å². The van der Waals surface area contributed by atoms with Gasteiger partial charge in [0.25, 0.3) is 0 Å². The molecule has 0 atom stereocenters. The summed E-state index contributed by atoms with van der Waals surface area (Å²) in [6, 6.07) is 8.73. The van der Waals surface area contributed by atoms with E-state index in [4.69, 9.17) is 17.3 Å². The summed E-state index contributed by atoms with van der Waals surface area (Å²) in [6.07, 6.45) is 0. The fourth-order valence-corrected chi connectivity index (χ4v) is 1.85. The molecule has 94 valence electrons. The van der Waals surface area contributed by atoms with Crippen LogP contribution in [0.5, 0.6) is 0 Å². The Morgan fingerprint density at radius 3 is 2.39 bits per heavy atom. The van der Waals surface area contributed by atoms with Gasteiger partial charge in [-0.25, -0.2) is 8.78 Å². The molecule has 0 heterocycles. The quantitative estimate of drug-likeness (QED) is 0.835. The number of halogens is 3. The average Bonchev–Trinajstić information content (AvgIpc) is 2.33. The molecular weight excluding hydrogens is 258 g/mol. The van der Waals surface area contributed by atoms with Crippen molar-refractivity contribution >= 4 is 28.7 Å². The van der Waals surface area contributed by atoms with Crippen LogP contribution >= 0.6 is 11.6 Å². The summed E-state index contributed by atoms with van der Waals surface area (Å²) in [6.45, 7) is 0. The molecule has 0 aliphatic heterocycles. The Hall–Kier alpha value is -1.81. The maximum Gasteiger partial charge on any atom is 0.146 e. The molecule has 2 rings (SSSR count). The number of nitrogens with zero attached hydrogens (tertiary/aromatic N) is 1. The Labute approximate surface area is 109 Å². The molecule has 0 spiro atoms. The Kier molecular flexibility index (Phi) is 3.39. The zero-order chi connectivity index (χ0) is 13.3. The van der Waals surface area contributed by atoms with E-state index in [9.17, 15) is 8.78 Å². The predicted molar refractivity (Wildman–Crippen MR) is 70.3 cm³/mol. The molecule has 2 aromatic rings. The van der Waals surface area contributed by atoms with Crippen LogP contribution in [0, 0.1) is 11.6 Å². The molecule has 2 nitrogen and oxygen atoms in total. The van der Waals surface area contributed by atoms with Crippen molar-refractivity contribution in [1.82, 2.24) is 0 Å². The van der Waals surface area contributed by atoms with Crippen LogP contribution in [-0.4, -0.2) is 7.05 Å². The molecule has 0 aliphatic carbocycles. The van der Waals surface area contributed by atoms with Gasteiger partial charge in [0, 0.05) is 13.1 Å². The molecule has 0 amide bonds. The summed E-state index contributed by atoms with van der Waals surface area (Å²) >= 11 is 5.71. The van der Waals surface area contributed by atoms with Gasteiger partial charge < -0.3 is 10.6 Å². The first-order valence-electron chi connectivity index (χ1n) is 5.23. The third-order valence-electron chi connectivity index (χ3n) is 2.64. The molecule has 2 N–H and O–H groups in total. The first kappa shape index (κ1) is 12.6. The maximum absolute atomic E-state index is 13.6. The SMILES string of the molecule is CN(c1cc(Cl)c(F)cc1N)c1ccccc1F. The molecule has 0 aromatic heterocycles. The first-order valence-corrected chi connectivity index (χ1v) is 5.61. The minimum atomic E-state index is -0.597. The number of rotatable bonds is 2. The molecule has 0 bridgehead atoms. The first-order chi connectivity index (χ1) is 8.50. The number of hydrogen-bond acceptors (Lipinski definition) is 2. The second-order valence-electron chi connectivity index (χ2n) is 3.84. The zero-order valence-corrected chi connectivity index (χ0v) is 10.4. The van der Waals surface area contributed by atoms with Crippen molar-refractivity contribution in [1.29, 1.82) is 0 Å². The van der Waals surface area contributed by atoms with E-state index >= 15 is 0 Å². The minimum absolute atomic E-state index is 0.0533. The van der Waals surface area contributed by atoms with Crippen molar-refractivity contribution in [2.75, 3.05) is 17.7 Å². The molecule has 2 aromatic carbocycles. The third-order valence-corrected chi connectivity index (χ3v) is 2.93. The maximum atomic E-state index is 13.6. The van der Waals surface area contributed by atoms with Crippen molar-refractivity contribution in [3.8, 4) is 0 Å². The molecule has 0 radical (unpaired) electrons. The smallest absolute Gasteiger partial charge is 0.146 e. The summed E-state index contributed by atoms with van der Waals surface area (Å²) in [5.74, 6) is -0.986. The Bertz CT molecular complexity index is 587. The van der Waals surface area contributed by atoms with Gasteiger partial charge in [0.1, 0.15) is 11.6 Å². The number of nitrogens with two attached hydrogens (primary N) is 1. The van der Waals surface area contributed by atoms with E-state index in [2.05, 4.69) is 0 Å². The Morgan fingerprint density at radius 2 is 1.72 bits per heavy atom. The Balaban J connectivity index is 2.50. The highest BCUT2D eigenvalue weighted by atomic mass is 35.5. The normalized spacial score (nSPS) is 10.4. The van der Waals surface area contributed by atoms with Crippen molar-refractivity contribution < 1.29 is 8.78 Å². The number of nitrogen functional groups attached to an aromatic ring is 1. The van der Waals surface area contributed by atoms with E-state index in [1.165, 1.54) is 17.0 Å². The molecule has 0 aliphatic rings. The van der Waals surface area contributed by atoms with Crippen LogP contribution in [0.2, 0.25) is 5.02 Å². The van der Waals surface area contributed by atoms with Gasteiger partial charge in [0.2, 0.25) is 0 Å². The van der Waals surface area contributed by atoms with Crippen LogP contribution < -0.4 is 10.6 Å². The summed E-state index contributed by atoms with van der Waals surface area (Å²) < 4.78 is 26.8. The molecule has 0 saturated heterocycles. The van der Waals surface area contributed by atoms with Gasteiger partial charge in [0.15, 0.2) is 0 Å². The number of anilines is 3. The number of hydrogen-bond donors (Lipinski definition) is 1. The van der Waals surface area contributed by atoms with Gasteiger partial charge in [-0.2, -0.15) is 0 Å². The standard InChI is InChI=1S/C13H11ClF2N2/c1-18(12-5-3-2-4-9(12)15)13-6-8(14)10(16)7-11(13)17/h2-7H,17H2,1H3. The molecule has 5 heteroatoms. The van der Waals surface area contributed by atoms with Crippen molar-refractivity contribution in [2.24, 2.45) is 0 Å². The van der Waals surface area contributed by atoms with Crippen LogP contribution in [0.3, 0.4) is 0 Å². The summed E-state index contributed by atoms with van der Waals surface area (Å²) in [7, 11) is 1.64. The van der Waals surface area contributed by atoms with E-state index < -0.39 is 5.82 Å². The lowest BCUT2D eigenvalue weighted by molar-refractivity contribution is 0.626. The van der Waals surface area contributed by atoms with Gasteiger partial charge in [-0.05, 0) is 18.2 Å². The van der Waals surface area contributed by atoms with Crippen LogP contribution in [0.4, 0.5) is 25.8 Å². The predicted octanol–water partition coefficient (Wildman–Crippen LogP) is 3.97. The monoisotopic (exact) mass is 268 g/mol. The fourth-order valence-electron chi connectivity index (χ4n) is 1.70. The lowest BCUT2D eigenvalue weighted by Crippen LogP contribution is -2.13. The van der Waals surface area contributed by atoms with Gasteiger partial charge in [-0.15, -0.1) is 0 Å². The van der Waals surface area contributed by atoms with E-state index in [1.807, 2.05) is 0 Å². The van der Waals surface area contributed by atoms with E-state index in [0.29, 0.717) is 11.4 Å². The van der Waals surface area contributed by atoms with E-state index in [0.717, 1.165) is 6.07 Å². The molecule has 0 unspecified atom stereocenters. The van der Waals surface area contributed by atoms with Crippen LogP contribution in [0.1, 0.15) is 0 Å². The number of para-hydroxylation sites is 1. The molecule has 0 fully saturated rings. The molecule has 18 heavy (non-hydrogen) atoms. The summed E-state index contributed by atoms with van der Waals surface area (Å²) in [4.78, 5) is 1.52. The van der Waals surface area contributed by atoms with Gasteiger partial charge in [-0.3, -0.25) is 0 Å². The third kappa shape index (κ3) is 2.24. The van der Waals surface area contributed by atoms with Crippen LogP contribution in [0.15, 0.2) is 36.4 Å². The lowest BCUT2D eigenvalue weighted by atomic mass is 10.2. The van der Waals surface area contributed by atoms with Crippen molar-refractivity contribution in [3.63, 3.8) is 0 Å². The van der Waals surface area contributed by atoms with Crippen LogP contribution in [0.25, 0.3) is 0 Å². The summed E-state index contributed by atoms with van der Waals surface area (Å²) in [5, 5.41) is -0.0533. The molecular formula is C13H11ClF2N2. The Morgan fingerprint density at radius 1 is 1.06 bits per heavy atom. The lowest BCUT2D eigenvalue weighted by Gasteiger charge is -2.22. The molecule has 0 saturated carbocycles. The second kappa shape index (κ2) is 4.82. The van der Waals surface area contributed by atoms with Gasteiger partial charge >= 0.3 is 0 Å². The summed E-state index contributed by atoms with van der Waals surface area (Å²) in [5.41, 5.74) is 6.70.